The van der Waals surface area contributed by atoms with E-state index in [2.05, 4.69) is 10.6 Å². The lowest BCUT2D eigenvalue weighted by atomic mass is 10.2. The summed E-state index contributed by atoms with van der Waals surface area (Å²) in [5, 5.41) is 6.17. The van der Waals surface area contributed by atoms with Gasteiger partial charge in [0, 0.05) is 39.1 Å². The molecule has 0 bridgehead atoms. The molecule has 3 heterocycles. The Morgan fingerprint density at radius 2 is 1.97 bits per heavy atom. The van der Waals surface area contributed by atoms with Crippen LogP contribution in [-0.2, 0) is 30.7 Å². The lowest BCUT2D eigenvalue weighted by molar-refractivity contribution is -0.116. The van der Waals surface area contributed by atoms with Gasteiger partial charge in [-0.05, 0) is 43.2 Å². The van der Waals surface area contributed by atoms with E-state index in [-0.39, 0.29) is 23.3 Å². The summed E-state index contributed by atoms with van der Waals surface area (Å²) in [5.74, 6) is 0.503. The molecule has 2 saturated heterocycles. The van der Waals surface area contributed by atoms with Crippen LogP contribution in [0, 0.1) is 0 Å². The fourth-order valence-electron chi connectivity index (χ4n) is 3.81. The molecule has 32 heavy (non-hydrogen) atoms. The van der Waals surface area contributed by atoms with E-state index >= 15 is 0 Å². The van der Waals surface area contributed by atoms with Crippen molar-refractivity contribution in [3.8, 4) is 0 Å². The van der Waals surface area contributed by atoms with Crippen LogP contribution < -0.4 is 10.6 Å². The van der Waals surface area contributed by atoms with Crippen molar-refractivity contribution in [1.29, 1.82) is 0 Å². The number of benzene rings is 1. The van der Waals surface area contributed by atoms with Crippen LogP contribution >= 0.6 is 0 Å². The van der Waals surface area contributed by atoms with Gasteiger partial charge in [0.05, 0.1) is 41.9 Å². The van der Waals surface area contributed by atoms with E-state index in [9.17, 15) is 13.2 Å². The van der Waals surface area contributed by atoms with Crippen molar-refractivity contribution in [2.45, 2.75) is 36.7 Å². The highest BCUT2D eigenvalue weighted by Crippen LogP contribution is 2.28. The van der Waals surface area contributed by atoms with Gasteiger partial charge in [-0.15, -0.1) is 0 Å². The van der Waals surface area contributed by atoms with Crippen LogP contribution in [0.1, 0.15) is 25.0 Å². The molecule has 0 aliphatic carbocycles. The van der Waals surface area contributed by atoms with Crippen LogP contribution in [0.3, 0.4) is 0 Å². The molecule has 2 aliphatic rings. The molecule has 0 saturated carbocycles. The highest BCUT2D eigenvalue weighted by atomic mass is 32.2. The monoisotopic (exact) mass is 463 g/mol. The number of ether oxygens (including phenoxy) is 2. The first-order chi connectivity index (χ1) is 15.5. The number of hydrogen-bond donors (Lipinski definition) is 2. The number of morpholine rings is 1. The molecule has 9 nitrogen and oxygen atoms in total. The van der Waals surface area contributed by atoms with Crippen molar-refractivity contribution in [1.82, 2.24) is 4.31 Å². The topological polar surface area (TPSA) is 110 Å². The van der Waals surface area contributed by atoms with Gasteiger partial charge >= 0.3 is 0 Å². The van der Waals surface area contributed by atoms with Crippen LogP contribution in [-0.4, -0.2) is 64.2 Å². The summed E-state index contributed by atoms with van der Waals surface area (Å²) in [4.78, 5) is 12.7. The molecule has 2 fully saturated rings. The number of sulfonamides is 1. The molecule has 1 atom stereocenters. The Labute approximate surface area is 188 Å². The van der Waals surface area contributed by atoms with Crippen LogP contribution in [0.5, 0.6) is 0 Å². The van der Waals surface area contributed by atoms with Gasteiger partial charge in [0.25, 0.3) is 0 Å². The van der Waals surface area contributed by atoms with Gasteiger partial charge in [0.1, 0.15) is 5.76 Å². The van der Waals surface area contributed by atoms with Crippen LogP contribution in [0.15, 0.2) is 45.9 Å². The van der Waals surface area contributed by atoms with Crippen molar-refractivity contribution in [2.24, 2.45) is 0 Å². The standard InChI is InChI=1S/C22H29N3O6S/c26-22(8-5-17-3-1-11-30-17)24-21-15-19(32(27,28)25-9-13-29-14-10-25)6-7-20(21)23-16-18-4-2-12-31-18/h1,3,6-7,11,15,18,23H,2,4-5,8-10,12-14,16H2,(H,24,26). The smallest absolute Gasteiger partial charge is 0.243 e. The molecule has 10 heteroatoms. The maximum absolute atomic E-state index is 13.1. The number of nitrogens with one attached hydrogen (secondary N) is 2. The minimum absolute atomic E-state index is 0.106. The molecular weight excluding hydrogens is 434 g/mol. The summed E-state index contributed by atoms with van der Waals surface area (Å²) >= 11 is 0. The van der Waals surface area contributed by atoms with Gasteiger partial charge in [-0.2, -0.15) is 4.31 Å². The number of carbonyl (C=O) groups is 1. The summed E-state index contributed by atoms with van der Waals surface area (Å²) in [6.07, 6.45) is 4.36. The first-order valence-corrected chi connectivity index (χ1v) is 12.4. The van der Waals surface area contributed by atoms with Gasteiger partial charge in [-0.1, -0.05) is 0 Å². The quantitative estimate of drug-likeness (QED) is 0.588. The molecule has 4 rings (SSSR count). The second-order valence-corrected chi connectivity index (χ2v) is 9.81. The fourth-order valence-corrected chi connectivity index (χ4v) is 5.25. The number of anilines is 2. The maximum atomic E-state index is 13.1. The van der Waals surface area contributed by atoms with Gasteiger partial charge in [0.2, 0.25) is 15.9 Å². The van der Waals surface area contributed by atoms with Crippen molar-refractivity contribution in [3.63, 3.8) is 0 Å². The van der Waals surface area contributed by atoms with Crippen molar-refractivity contribution >= 4 is 27.3 Å². The third-order valence-electron chi connectivity index (χ3n) is 5.60. The number of hydrogen-bond acceptors (Lipinski definition) is 7. The summed E-state index contributed by atoms with van der Waals surface area (Å²) in [7, 11) is -3.68. The molecule has 1 unspecified atom stereocenters. The van der Waals surface area contributed by atoms with E-state index in [1.807, 2.05) is 6.07 Å². The molecule has 174 valence electrons. The summed E-state index contributed by atoms with van der Waals surface area (Å²) in [6, 6.07) is 8.39. The van der Waals surface area contributed by atoms with Crippen LogP contribution in [0.4, 0.5) is 11.4 Å². The first kappa shape index (κ1) is 22.8. The zero-order valence-electron chi connectivity index (χ0n) is 17.9. The average molecular weight is 464 g/mol. The second kappa shape index (κ2) is 10.5. The molecule has 0 spiro atoms. The summed E-state index contributed by atoms with van der Waals surface area (Å²) in [5.41, 5.74) is 1.09. The Bertz CT molecular complexity index is 997. The lowest BCUT2D eigenvalue weighted by Crippen LogP contribution is -2.40. The van der Waals surface area contributed by atoms with E-state index in [0.717, 1.165) is 25.2 Å². The third kappa shape index (κ3) is 5.69. The van der Waals surface area contributed by atoms with E-state index in [0.29, 0.717) is 50.6 Å². The minimum Gasteiger partial charge on any atom is -0.469 e. The molecule has 1 aromatic heterocycles. The Morgan fingerprint density at radius 3 is 2.69 bits per heavy atom. The number of nitrogens with zero attached hydrogens (tertiary/aromatic N) is 1. The van der Waals surface area contributed by atoms with Gasteiger partial charge in [-0.3, -0.25) is 4.79 Å². The highest BCUT2D eigenvalue weighted by Gasteiger charge is 2.27. The van der Waals surface area contributed by atoms with Crippen molar-refractivity contribution in [2.75, 3.05) is 50.1 Å². The molecule has 0 radical (unpaired) electrons. The Balaban J connectivity index is 1.51. The Morgan fingerprint density at radius 1 is 1.12 bits per heavy atom. The zero-order chi connectivity index (χ0) is 22.4. The lowest BCUT2D eigenvalue weighted by Gasteiger charge is -2.26. The molecule has 1 amide bonds. The second-order valence-electron chi connectivity index (χ2n) is 7.87. The Kier molecular flexibility index (Phi) is 7.46. The van der Waals surface area contributed by atoms with E-state index in [1.54, 1.807) is 24.5 Å². The number of furan rings is 1. The van der Waals surface area contributed by atoms with Crippen LogP contribution in [0.25, 0.3) is 0 Å². The molecule has 1 aromatic carbocycles. The average Bonchev–Trinajstić information content (AvgIpc) is 3.52. The van der Waals surface area contributed by atoms with Gasteiger partial charge in [-0.25, -0.2) is 8.42 Å². The largest absolute Gasteiger partial charge is 0.469 e. The van der Waals surface area contributed by atoms with Crippen molar-refractivity contribution < 1.29 is 27.1 Å². The highest BCUT2D eigenvalue weighted by molar-refractivity contribution is 7.89. The normalized spacial score (nSPS) is 19.7. The van der Waals surface area contributed by atoms with Crippen LogP contribution in [0.2, 0.25) is 0 Å². The van der Waals surface area contributed by atoms with Gasteiger partial charge in [0.15, 0.2) is 0 Å². The van der Waals surface area contributed by atoms with E-state index < -0.39 is 10.0 Å². The van der Waals surface area contributed by atoms with Crippen molar-refractivity contribution in [3.05, 3.63) is 42.4 Å². The summed E-state index contributed by atoms with van der Waals surface area (Å²) < 4.78 is 43.8. The zero-order valence-corrected chi connectivity index (χ0v) is 18.7. The minimum atomic E-state index is -3.68. The third-order valence-corrected chi connectivity index (χ3v) is 7.49. The van der Waals surface area contributed by atoms with E-state index in [4.69, 9.17) is 13.9 Å². The Hall–Kier alpha value is -2.40. The first-order valence-electron chi connectivity index (χ1n) is 10.9. The number of aryl methyl sites for hydroxylation is 1. The number of amides is 1. The molecule has 2 aliphatic heterocycles. The SMILES string of the molecule is O=C(CCc1ccco1)Nc1cc(S(=O)(=O)N2CCOCC2)ccc1NCC1CCCO1. The number of rotatable bonds is 9. The molecule has 2 aromatic rings. The summed E-state index contributed by atoms with van der Waals surface area (Å²) in [6.45, 7) is 2.70. The van der Waals surface area contributed by atoms with Gasteiger partial charge < -0.3 is 24.5 Å². The number of carbonyl (C=O) groups excluding carboxylic acids is 1. The predicted molar refractivity (Wildman–Crippen MR) is 119 cm³/mol. The fraction of sp³-hybridized carbons (Fsp3) is 0.500. The molecular formula is C22H29N3O6S. The predicted octanol–water partition coefficient (Wildman–Crippen LogP) is 2.46. The maximum Gasteiger partial charge on any atom is 0.243 e. The van der Waals surface area contributed by atoms with E-state index in [1.165, 1.54) is 10.4 Å². The molecule has 2 N–H and O–H groups in total.